The summed E-state index contributed by atoms with van der Waals surface area (Å²) in [6.45, 7) is 3.29. The molecule has 1 heterocycles. The van der Waals surface area contributed by atoms with E-state index in [-0.39, 0.29) is 6.04 Å². The van der Waals surface area contributed by atoms with E-state index in [1.165, 1.54) is 0 Å². The molecule has 3 aromatic rings. The fourth-order valence-electron chi connectivity index (χ4n) is 2.71. The van der Waals surface area contributed by atoms with E-state index in [4.69, 9.17) is 16.0 Å². The Labute approximate surface area is 158 Å². The molecule has 2 aromatic carbocycles. The zero-order chi connectivity index (χ0) is 18.4. The van der Waals surface area contributed by atoms with Gasteiger partial charge in [0.15, 0.2) is 0 Å². The van der Waals surface area contributed by atoms with E-state index in [0.29, 0.717) is 11.6 Å². The zero-order valence-corrected chi connectivity index (χ0v) is 15.4. The van der Waals surface area contributed by atoms with Crippen molar-refractivity contribution in [2.75, 3.05) is 18.4 Å². The fraction of sp³-hybridized carbons (Fsp3) is 0.238. The number of benzene rings is 2. The van der Waals surface area contributed by atoms with Crippen molar-refractivity contribution in [1.29, 1.82) is 0 Å². The van der Waals surface area contributed by atoms with Gasteiger partial charge >= 0.3 is 0 Å². The molecule has 0 unspecified atom stereocenters. The van der Waals surface area contributed by atoms with Gasteiger partial charge in [0.05, 0.1) is 12.4 Å². The van der Waals surface area contributed by atoms with Crippen LogP contribution >= 0.6 is 11.6 Å². The van der Waals surface area contributed by atoms with Crippen LogP contribution in [0.4, 0.5) is 5.69 Å². The number of furan rings is 1. The van der Waals surface area contributed by atoms with Gasteiger partial charge in [-0.1, -0.05) is 35.9 Å². The second kappa shape index (κ2) is 8.90. The maximum atomic E-state index is 10.3. The zero-order valence-electron chi connectivity index (χ0n) is 14.7. The van der Waals surface area contributed by atoms with E-state index in [1.807, 2.05) is 42.5 Å². The Hall–Kier alpha value is -2.27. The second-order valence-electron chi connectivity index (χ2n) is 6.32. The van der Waals surface area contributed by atoms with Crippen molar-refractivity contribution in [3.8, 4) is 11.3 Å². The van der Waals surface area contributed by atoms with Crippen molar-refractivity contribution in [1.82, 2.24) is 5.32 Å². The molecule has 0 saturated heterocycles. The van der Waals surface area contributed by atoms with Crippen molar-refractivity contribution < 1.29 is 9.52 Å². The first kappa shape index (κ1) is 18.5. The van der Waals surface area contributed by atoms with Crippen LogP contribution < -0.4 is 10.6 Å². The molecule has 4 nitrogen and oxygen atoms in total. The molecule has 2 atom stereocenters. The fourth-order valence-corrected chi connectivity index (χ4v) is 2.91. The molecule has 1 aromatic heterocycles. The first-order valence-corrected chi connectivity index (χ1v) is 9.04. The average molecular weight is 371 g/mol. The van der Waals surface area contributed by atoms with Crippen LogP contribution in [0.15, 0.2) is 71.3 Å². The summed E-state index contributed by atoms with van der Waals surface area (Å²) < 4.78 is 5.44. The molecule has 0 aliphatic heterocycles. The van der Waals surface area contributed by atoms with Crippen molar-refractivity contribution >= 4 is 17.3 Å². The highest BCUT2D eigenvalue weighted by Gasteiger charge is 2.10. The molecule has 0 amide bonds. The molecule has 5 heteroatoms. The topological polar surface area (TPSA) is 57.4 Å². The molecule has 0 fully saturated rings. The van der Waals surface area contributed by atoms with Crippen LogP contribution in [0, 0.1) is 0 Å². The molecule has 136 valence electrons. The largest absolute Gasteiger partial charge is 0.464 e. The van der Waals surface area contributed by atoms with E-state index in [1.54, 1.807) is 18.4 Å². The number of aliphatic hydroxyl groups is 1. The Morgan fingerprint density at radius 1 is 1.04 bits per heavy atom. The maximum absolute atomic E-state index is 10.3. The highest BCUT2D eigenvalue weighted by Crippen LogP contribution is 2.23. The van der Waals surface area contributed by atoms with Gasteiger partial charge in [0, 0.05) is 35.4 Å². The highest BCUT2D eigenvalue weighted by molar-refractivity contribution is 6.30. The van der Waals surface area contributed by atoms with E-state index in [2.05, 4.69) is 23.6 Å². The Morgan fingerprint density at radius 3 is 2.65 bits per heavy atom. The monoisotopic (exact) mass is 370 g/mol. The minimum Gasteiger partial charge on any atom is -0.464 e. The molecule has 0 radical (unpaired) electrons. The summed E-state index contributed by atoms with van der Waals surface area (Å²) in [6.07, 6.45) is 1.09. The van der Waals surface area contributed by atoms with E-state index in [9.17, 15) is 5.11 Å². The molecule has 3 rings (SSSR count). The summed E-state index contributed by atoms with van der Waals surface area (Å²) in [5, 5.41) is 17.7. The van der Waals surface area contributed by atoms with Gasteiger partial charge in [0.25, 0.3) is 0 Å². The van der Waals surface area contributed by atoms with Gasteiger partial charge in [-0.3, -0.25) is 0 Å². The lowest BCUT2D eigenvalue weighted by atomic mass is 10.1. The third kappa shape index (κ3) is 5.11. The molecule has 0 aliphatic carbocycles. The standard InChI is InChI=1S/C21H23ClN2O2/c1-15(23-14-20(25)16-5-2-7-18(22)11-16)13-24-19-8-3-6-17(12-19)21-9-4-10-26-21/h2-12,15,20,23-25H,13-14H2,1H3/t15-,20+/m1/s1. The number of nitrogens with one attached hydrogen (secondary N) is 2. The van der Waals surface area contributed by atoms with Gasteiger partial charge in [-0.25, -0.2) is 0 Å². The smallest absolute Gasteiger partial charge is 0.133 e. The Balaban J connectivity index is 1.48. The molecular weight excluding hydrogens is 348 g/mol. The van der Waals surface area contributed by atoms with Crippen molar-refractivity contribution in [3.05, 3.63) is 77.5 Å². The molecular formula is C21H23ClN2O2. The first-order chi connectivity index (χ1) is 12.6. The SMILES string of the molecule is C[C@H](CNc1cccc(-c2ccco2)c1)NC[C@H](O)c1cccc(Cl)c1. The predicted octanol–water partition coefficient (Wildman–Crippen LogP) is 4.72. The normalized spacial score (nSPS) is 13.3. The lowest BCUT2D eigenvalue weighted by Gasteiger charge is -2.19. The lowest BCUT2D eigenvalue weighted by molar-refractivity contribution is 0.171. The van der Waals surface area contributed by atoms with Crippen molar-refractivity contribution in [3.63, 3.8) is 0 Å². The highest BCUT2D eigenvalue weighted by atomic mass is 35.5. The van der Waals surface area contributed by atoms with E-state index >= 15 is 0 Å². The number of rotatable bonds is 8. The summed E-state index contributed by atoms with van der Waals surface area (Å²) in [5.41, 5.74) is 2.89. The van der Waals surface area contributed by atoms with E-state index in [0.717, 1.165) is 29.1 Å². The van der Waals surface area contributed by atoms with Crippen LogP contribution in [0.25, 0.3) is 11.3 Å². The van der Waals surface area contributed by atoms with Gasteiger partial charge in [-0.15, -0.1) is 0 Å². The van der Waals surface area contributed by atoms with Gasteiger partial charge in [0.1, 0.15) is 5.76 Å². The van der Waals surface area contributed by atoms with Gasteiger partial charge in [-0.2, -0.15) is 0 Å². The first-order valence-electron chi connectivity index (χ1n) is 8.66. The van der Waals surface area contributed by atoms with Crippen LogP contribution in [0.5, 0.6) is 0 Å². The van der Waals surface area contributed by atoms with E-state index < -0.39 is 6.10 Å². The summed E-state index contributed by atoms with van der Waals surface area (Å²) in [7, 11) is 0. The quantitative estimate of drug-likeness (QED) is 0.536. The van der Waals surface area contributed by atoms with Crippen LogP contribution in [0.3, 0.4) is 0 Å². The van der Waals surface area contributed by atoms with Gasteiger partial charge in [-0.05, 0) is 48.9 Å². The van der Waals surface area contributed by atoms with Crippen LogP contribution in [-0.2, 0) is 0 Å². The van der Waals surface area contributed by atoms with Gasteiger partial charge < -0.3 is 20.2 Å². The average Bonchev–Trinajstić information content (AvgIpc) is 3.19. The number of anilines is 1. The van der Waals surface area contributed by atoms with Gasteiger partial charge in [0.2, 0.25) is 0 Å². The summed E-state index contributed by atoms with van der Waals surface area (Å²) in [6, 6.07) is 19.4. The molecule has 3 N–H and O–H groups in total. The third-order valence-electron chi connectivity index (χ3n) is 4.17. The molecule has 0 bridgehead atoms. The number of aliphatic hydroxyl groups excluding tert-OH is 1. The number of hydrogen-bond acceptors (Lipinski definition) is 4. The Bertz CT molecular complexity index is 820. The Kier molecular flexibility index (Phi) is 6.34. The van der Waals surface area contributed by atoms with Crippen molar-refractivity contribution in [2.24, 2.45) is 0 Å². The number of halogens is 1. The predicted molar refractivity (Wildman–Crippen MR) is 107 cm³/mol. The van der Waals surface area contributed by atoms with Crippen LogP contribution in [0.2, 0.25) is 5.02 Å². The molecule has 0 aliphatic rings. The van der Waals surface area contributed by atoms with Crippen LogP contribution in [-0.4, -0.2) is 24.2 Å². The minimum absolute atomic E-state index is 0.191. The minimum atomic E-state index is -0.585. The lowest BCUT2D eigenvalue weighted by Crippen LogP contribution is -2.35. The second-order valence-corrected chi connectivity index (χ2v) is 6.76. The van der Waals surface area contributed by atoms with Crippen LogP contribution in [0.1, 0.15) is 18.6 Å². The maximum Gasteiger partial charge on any atom is 0.133 e. The summed E-state index contributed by atoms with van der Waals surface area (Å²) in [4.78, 5) is 0. The summed E-state index contributed by atoms with van der Waals surface area (Å²) >= 11 is 5.97. The molecule has 0 saturated carbocycles. The Morgan fingerprint density at radius 2 is 1.88 bits per heavy atom. The molecule has 26 heavy (non-hydrogen) atoms. The van der Waals surface area contributed by atoms with Crippen molar-refractivity contribution in [2.45, 2.75) is 19.1 Å². The number of hydrogen-bond donors (Lipinski definition) is 3. The third-order valence-corrected chi connectivity index (χ3v) is 4.41. The molecule has 0 spiro atoms. The summed E-state index contributed by atoms with van der Waals surface area (Å²) in [5.74, 6) is 0.851.